The molecule has 5 nitrogen and oxygen atoms in total. The first kappa shape index (κ1) is 18.3. The maximum absolute atomic E-state index is 13.2. The summed E-state index contributed by atoms with van der Waals surface area (Å²) in [7, 11) is 0. The molecule has 1 amide bonds. The number of nitrogens with zero attached hydrogens (tertiary/aromatic N) is 4. The summed E-state index contributed by atoms with van der Waals surface area (Å²) in [4.78, 5) is 15.2. The first-order valence-corrected chi connectivity index (χ1v) is 11.0. The molecule has 1 aromatic heterocycles. The van der Waals surface area contributed by atoms with Crippen molar-refractivity contribution in [3.63, 3.8) is 0 Å². The number of carbonyl (C=O) groups excluding carboxylic acids is 1. The molecule has 3 aromatic rings. The van der Waals surface area contributed by atoms with Crippen LogP contribution < -0.4 is 0 Å². The Morgan fingerprint density at radius 2 is 1.86 bits per heavy atom. The van der Waals surface area contributed by atoms with E-state index in [2.05, 4.69) is 45.1 Å². The summed E-state index contributed by atoms with van der Waals surface area (Å²) >= 11 is 0. The number of benzene rings is 2. The molecule has 0 unspecified atom stereocenters. The van der Waals surface area contributed by atoms with Crippen LogP contribution in [-0.2, 0) is 24.2 Å². The first-order chi connectivity index (χ1) is 14.3. The Morgan fingerprint density at radius 1 is 0.966 bits per heavy atom. The molecule has 1 fully saturated rings. The number of aryl methyl sites for hydroxylation is 1. The van der Waals surface area contributed by atoms with Crippen molar-refractivity contribution in [2.75, 3.05) is 13.1 Å². The molecule has 150 valence electrons. The van der Waals surface area contributed by atoms with E-state index < -0.39 is 0 Å². The number of hydrogen-bond donors (Lipinski definition) is 0. The molecule has 5 rings (SSSR count). The third-order valence-electron chi connectivity index (χ3n) is 6.50. The molecule has 0 radical (unpaired) electrons. The van der Waals surface area contributed by atoms with E-state index in [-0.39, 0.29) is 5.91 Å². The monoisotopic (exact) mass is 388 g/mol. The Hall–Kier alpha value is -2.69. The summed E-state index contributed by atoms with van der Waals surface area (Å²) in [5.41, 5.74) is 1.12. The molecule has 2 aliphatic rings. The second-order valence-electron chi connectivity index (χ2n) is 8.43. The Labute approximate surface area is 171 Å². The van der Waals surface area contributed by atoms with E-state index in [4.69, 9.17) is 0 Å². The van der Waals surface area contributed by atoms with Crippen molar-refractivity contribution >= 4 is 16.7 Å². The molecule has 2 aromatic carbocycles. The van der Waals surface area contributed by atoms with E-state index in [1.165, 1.54) is 30.0 Å². The van der Waals surface area contributed by atoms with Crippen molar-refractivity contribution in [2.24, 2.45) is 0 Å². The summed E-state index contributed by atoms with van der Waals surface area (Å²) in [5.74, 6) is 2.77. The van der Waals surface area contributed by atoms with E-state index in [1.807, 2.05) is 17.0 Å². The standard InChI is InChI=1S/C24H28N4O/c29-23(16-19-10-6-9-18-8-3-4-12-21(18)19)27-14-7-11-20(17-27)24-26-25-22-13-2-1-5-15-28(22)24/h3-4,6,8-10,12,20H,1-2,5,7,11,13-17H2/t20-/m1/s1. The largest absolute Gasteiger partial charge is 0.342 e. The Balaban J connectivity index is 1.33. The number of carbonyl (C=O) groups is 1. The quantitative estimate of drug-likeness (QED) is 0.679. The van der Waals surface area contributed by atoms with Crippen LogP contribution in [0.15, 0.2) is 42.5 Å². The SMILES string of the molecule is O=C(Cc1cccc2ccccc12)N1CCC[C@@H](c2nnc3n2CCCCC3)C1. The summed E-state index contributed by atoms with van der Waals surface area (Å²) < 4.78 is 2.34. The lowest BCUT2D eigenvalue weighted by molar-refractivity contribution is -0.131. The van der Waals surface area contributed by atoms with Gasteiger partial charge in [0, 0.05) is 32.0 Å². The van der Waals surface area contributed by atoms with Crippen LogP contribution in [0.2, 0.25) is 0 Å². The van der Waals surface area contributed by atoms with Gasteiger partial charge in [-0.3, -0.25) is 4.79 Å². The van der Waals surface area contributed by atoms with Gasteiger partial charge in [0.15, 0.2) is 0 Å². The molecule has 0 bridgehead atoms. The van der Waals surface area contributed by atoms with Gasteiger partial charge in [0.05, 0.1) is 6.42 Å². The number of piperidine rings is 1. The minimum atomic E-state index is 0.224. The van der Waals surface area contributed by atoms with Crippen LogP contribution in [0, 0.1) is 0 Å². The molecule has 0 N–H and O–H groups in total. The summed E-state index contributed by atoms with van der Waals surface area (Å²) in [6.07, 6.45) is 7.30. The van der Waals surface area contributed by atoms with Crippen molar-refractivity contribution in [3.8, 4) is 0 Å². The van der Waals surface area contributed by atoms with Gasteiger partial charge in [0.25, 0.3) is 0 Å². The minimum Gasteiger partial charge on any atom is -0.342 e. The van der Waals surface area contributed by atoms with Crippen LogP contribution in [0.25, 0.3) is 10.8 Å². The maximum Gasteiger partial charge on any atom is 0.227 e. The topological polar surface area (TPSA) is 51.0 Å². The lowest BCUT2D eigenvalue weighted by Gasteiger charge is -2.32. The third-order valence-corrected chi connectivity index (χ3v) is 6.50. The van der Waals surface area contributed by atoms with Crippen LogP contribution >= 0.6 is 0 Å². The van der Waals surface area contributed by atoms with Crippen molar-refractivity contribution < 1.29 is 4.79 Å². The predicted octanol–water partition coefficient (Wildman–Crippen LogP) is 4.11. The molecule has 0 saturated carbocycles. The van der Waals surface area contributed by atoms with Gasteiger partial charge >= 0.3 is 0 Å². The van der Waals surface area contributed by atoms with Gasteiger partial charge < -0.3 is 9.47 Å². The highest BCUT2D eigenvalue weighted by Crippen LogP contribution is 2.29. The highest BCUT2D eigenvalue weighted by atomic mass is 16.2. The van der Waals surface area contributed by atoms with Gasteiger partial charge in [-0.05, 0) is 42.0 Å². The van der Waals surface area contributed by atoms with Crippen molar-refractivity contribution in [1.82, 2.24) is 19.7 Å². The molecule has 5 heteroatoms. The van der Waals surface area contributed by atoms with E-state index in [0.29, 0.717) is 12.3 Å². The highest BCUT2D eigenvalue weighted by molar-refractivity contribution is 5.90. The molecular weight excluding hydrogens is 360 g/mol. The zero-order valence-corrected chi connectivity index (χ0v) is 16.9. The summed E-state index contributed by atoms with van der Waals surface area (Å²) in [6, 6.07) is 14.6. The molecule has 2 aliphatic heterocycles. The van der Waals surface area contributed by atoms with Crippen molar-refractivity contribution in [1.29, 1.82) is 0 Å². The lowest BCUT2D eigenvalue weighted by atomic mass is 9.95. The molecule has 1 saturated heterocycles. The van der Waals surface area contributed by atoms with Crippen molar-refractivity contribution in [2.45, 2.75) is 57.4 Å². The lowest BCUT2D eigenvalue weighted by Crippen LogP contribution is -2.40. The van der Waals surface area contributed by atoms with Gasteiger partial charge in [-0.15, -0.1) is 10.2 Å². The highest BCUT2D eigenvalue weighted by Gasteiger charge is 2.29. The van der Waals surface area contributed by atoms with Gasteiger partial charge in [-0.2, -0.15) is 0 Å². The Bertz CT molecular complexity index is 1020. The summed E-state index contributed by atoms with van der Waals surface area (Å²) in [5, 5.41) is 11.4. The minimum absolute atomic E-state index is 0.224. The second kappa shape index (κ2) is 7.97. The normalized spacial score (nSPS) is 19.7. The van der Waals surface area contributed by atoms with Crippen LogP contribution in [-0.4, -0.2) is 38.7 Å². The first-order valence-electron chi connectivity index (χ1n) is 11.0. The zero-order chi connectivity index (χ0) is 19.6. The molecule has 0 aliphatic carbocycles. The van der Waals surface area contributed by atoms with Crippen LogP contribution in [0.1, 0.15) is 55.2 Å². The zero-order valence-electron chi connectivity index (χ0n) is 16.9. The molecule has 3 heterocycles. The molecule has 0 spiro atoms. The fourth-order valence-electron chi connectivity index (χ4n) is 4.95. The molecule has 1 atom stereocenters. The number of fused-ring (bicyclic) bond motifs is 2. The summed E-state index contributed by atoms with van der Waals surface area (Å²) in [6.45, 7) is 2.64. The van der Waals surface area contributed by atoms with Gasteiger partial charge in [0.1, 0.15) is 11.6 Å². The number of amides is 1. The fraction of sp³-hybridized carbons (Fsp3) is 0.458. The van der Waals surface area contributed by atoms with Gasteiger partial charge in [-0.25, -0.2) is 0 Å². The van der Waals surface area contributed by atoms with Crippen LogP contribution in [0.5, 0.6) is 0 Å². The van der Waals surface area contributed by atoms with Crippen LogP contribution in [0.3, 0.4) is 0 Å². The van der Waals surface area contributed by atoms with E-state index in [0.717, 1.165) is 56.1 Å². The van der Waals surface area contributed by atoms with Gasteiger partial charge in [-0.1, -0.05) is 48.9 Å². The third kappa shape index (κ3) is 3.66. The Kier molecular flexibility index (Phi) is 5.04. The number of likely N-dealkylation sites (tertiary alicyclic amines) is 1. The average Bonchev–Trinajstić information content (AvgIpc) is 3.02. The second-order valence-corrected chi connectivity index (χ2v) is 8.43. The predicted molar refractivity (Wildman–Crippen MR) is 114 cm³/mol. The van der Waals surface area contributed by atoms with E-state index in [1.54, 1.807) is 0 Å². The van der Waals surface area contributed by atoms with Crippen molar-refractivity contribution in [3.05, 3.63) is 59.7 Å². The number of aromatic nitrogens is 3. The Morgan fingerprint density at radius 3 is 2.83 bits per heavy atom. The smallest absolute Gasteiger partial charge is 0.227 e. The fourth-order valence-corrected chi connectivity index (χ4v) is 4.95. The molecular formula is C24H28N4O. The maximum atomic E-state index is 13.2. The van der Waals surface area contributed by atoms with E-state index in [9.17, 15) is 4.79 Å². The number of hydrogen-bond acceptors (Lipinski definition) is 3. The van der Waals surface area contributed by atoms with Gasteiger partial charge in [0.2, 0.25) is 5.91 Å². The molecule has 29 heavy (non-hydrogen) atoms. The van der Waals surface area contributed by atoms with Crippen LogP contribution in [0.4, 0.5) is 0 Å². The number of rotatable bonds is 3. The average molecular weight is 389 g/mol. The van der Waals surface area contributed by atoms with E-state index >= 15 is 0 Å².